The lowest BCUT2D eigenvalue weighted by Crippen LogP contribution is -2.56. The lowest BCUT2D eigenvalue weighted by molar-refractivity contribution is -0.183. The van der Waals surface area contributed by atoms with Crippen molar-refractivity contribution in [1.29, 1.82) is 0 Å². The number of esters is 1. The van der Waals surface area contributed by atoms with Gasteiger partial charge in [0.1, 0.15) is 12.1 Å². The molecule has 0 aliphatic heterocycles. The smallest absolute Gasteiger partial charge is 0.411 e. The zero-order chi connectivity index (χ0) is 14.4. The van der Waals surface area contributed by atoms with E-state index >= 15 is 0 Å². The molecule has 0 bridgehead atoms. The summed E-state index contributed by atoms with van der Waals surface area (Å²) in [6.07, 6.45) is -4.41. The van der Waals surface area contributed by atoms with Gasteiger partial charge in [0.15, 0.2) is 0 Å². The molecule has 0 saturated heterocycles. The van der Waals surface area contributed by atoms with Crippen LogP contribution >= 0.6 is 0 Å². The summed E-state index contributed by atoms with van der Waals surface area (Å²) in [5.74, 6) is -0.624. The molecule has 0 amide bonds. The van der Waals surface area contributed by atoms with E-state index in [0.29, 0.717) is 0 Å². The van der Waals surface area contributed by atoms with Crippen molar-refractivity contribution in [2.24, 2.45) is 0 Å². The van der Waals surface area contributed by atoms with Crippen molar-refractivity contribution in [1.82, 2.24) is 5.32 Å². The van der Waals surface area contributed by atoms with E-state index in [-0.39, 0.29) is 12.6 Å². The van der Waals surface area contributed by atoms with Gasteiger partial charge in [-0.2, -0.15) is 13.2 Å². The summed E-state index contributed by atoms with van der Waals surface area (Å²) < 4.78 is 45.3. The summed E-state index contributed by atoms with van der Waals surface area (Å²) >= 11 is 0. The summed E-state index contributed by atoms with van der Waals surface area (Å²) in [6.45, 7) is 5.02. The fraction of sp³-hybridized carbons (Fsp3) is 0.909. The molecule has 0 radical (unpaired) electrons. The first kappa shape index (κ1) is 17.2. The molecule has 0 aromatic carbocycles. The molecule has 0 aliphatic rings. The van der Waals surface area contributed by atoms with Gasteiger partial charge in [0.2, 0.25) is 0 Å². The number of halogens is 3. The van der Waals surface area contributed by atoms with Crippen molar-refractivity contribution in [3.8, 4) is 0 Å². The van der Waals surface area contributed by atoms with Gasteiger partial charge in [-0.1, -0.05) is 0 Å². The predicted molar refractivity (Wildman–Crippen MR) is 60.2 cm³/mol. The second kappa shape index (κ2) is 6.94. The average Bonchev–Trinajstić information content (AvgIpc) is 2.14. The summed E-state index contributed by atoms with van der Waals surface area (Å²) in [5, 5.41) is 2.86. The molecule has 1 N–H and O–H groups in total. The minimum Gasteiger partial charge on any atom is -0.465 e. The second-order valence-corrected chi connectivity index (χ2v) is 4.46. The number of carbonyl (C=O) groups excluding carboxylic acids is 1. The van der Waals surface area contributed by atoms with Crippen LogP contribution in [0.4, 0.5) is 13.2 Å². The normalized spacial score (nSPS) is 15.6. The molecule has 1 unspecified atom stereocenters. The van der Waals surface area contributed by atoms with Crippen molar-refractivity contribution in [2.45, 2.75) is 45.5 Å². The highest BCUT2D eigenvalue weighted by Gasteiger charge is 2.37. The van der Waals surface area contributed by atoms with E-state index in [2.05, 4.69) is 10.1 Å². The third-order valence-corrected chi connectivity index (χ3v) is 1.99. The van der Waals surface area contributed by atoms with E-state index in [1.165, 1.54) is 6.92 Å². The maximum absolute atomic E-state index is 12.0. The molecule has 0 aliphatic carbocycles. The highest BCUT2D eigenvalue weighted by Crippen LogP contribution is 2.16. The highest BCUT2D eigenvalue weighted by molar-refractivity contribution is 5.80. The summed E-state index contributed by atoms with van der Waals surface area (Å²) in [6, 6.07) is -0.0890. The van der Waals surface area contributed by atoms with Crippen LogP contribution in [0.3, 0.4) is 0 Å². The number of carbonyl (C=O) groups is 1. The summed E-state index contributed by atoms with van der Waals surface area (Å²) in [7, 11) is 0. The Labute approximate surface area is 105 Å². The molecule has 0 saturated carbocycles. The lowest BCUT2D eigenvalue weighted by atomic mass is 10.0. The molecule has 108 valence electrons. The first-order valence-corrected chi connectivity index (χ1v) is 5.70. The van der Waals surface area contributed by atoms with E-state index in [1.54, 1.807) is 20.8 Å². The molecule has 0 spiro atoms. The van der Waals surface area contributed by atoms with Crippen LogP contribution in [0.25, 0.3) is 0 Å². The molecule has 7 heteroatoms. The van der Waals surface area contributed by atoms with Gasteiger partial charge in [0, 0.05) is 6.04 Å². The van der Waals surface area contributed by atoms with E-state index in [0.717, 1.165) is 0 Å². The molecule has 0 fully saturated rings. The fourth-order valence-electron chi connectivity index (χ4n) is 1.46. The summed E-state index contributed by atoms with van der Waals surface area (Å²) in [4.78, 5) is 11.7. The highest BCUT2D eigenvalue weighted by atomic mass is 19.4. The second-order valence-electron chi connectivity index (χ2n) is 4.46. The Balaban J connectivity index is 4.52. The van der Waals surface area contributed by atoms with Crippen LogP contribution in [0.5, 0.6) is 0 Å². The number of alkyl halides is 3. The van der Waals surface area contributed by atoms with Crippen molar-refractivity contribution in [3.05, 3.63) is 0 Å². The fourth-order valence-corrected chi connectivity index (χ4v) is 1.46. The van der Waals surface area contributed by atoms with Gasteiger partial charge in [-0.15, -0.1) is 0 Å². The quantitative estimate of drug-likeness (QED) is 0.718. The number of nitrogens with one attached hydrogen (secondary N) is 1. The maximum atomic E-state index is 12.0. The van der Waals surface area contributed by atoms with Crippen molar-refractivity contribution >= 4 is 5.97 Å². The van der Waals surface area contributed by atoms with E-state index in [9.17, 15) is 18.0 Å². The van der Waals surface area contributed by atoms with E-state index < -0.39 is 30.9 Å². The van der Waals surface area contributed by atoms with Gasteiger partial charge < -0.3 is 9.47 Å². The van der Waals surface area contributed by atoms with Crippen LogP contribution in [0.2, 0.25) is 0 Å². The number of rotatable bonds is 7. The predicted octanol–water partition coefficient (Wildman–Crippen LogP) is 1.89. The zero-order valence-corrected chi connectivity index (χ0v) is 11.1. The molecule has 18 heavy (non-hydrogen) atoms. The lowest BCUT2D eigenvalue weighted by Gasteiger charge is -2.30. The average molecular weight is 271 g/mol. The molecule has 0 aromatic heterocycles. The van der Waals surface area contributed by atoms with Gasteiger partial charge in [0.25, 0.3) is 0 Å². The molecule has 1 atom stereocenters. The van der Waals surface area contributed by atoms with Crippen LogP contribution < -0.4 is 5.32 Å². The minimum absolute atomic E-state index is 0.0890. The minimum atomic E-state index is -4.41. The Morgan fingerprint density at radius 3 is 2.22 bits per heavy atom. The Hall–Kier alpha value is -0.820. The van der Waals surface area contributed by atoms with Crippen molar-refractivity contribution in [3.63, 3.8) is 0 Å². The van der Waals surface area contributed by atoms with Gasteiger partial charge in [0.05, 0.1) is 13.2 Å². The Morgan fingerprint density at radius 1 is 1.28 bits per heavy atom. The topological polar surface area (TPSA) is 47.6 Å². The first-order valence-electron chi connectivity index (χ1n) is 5.70. The van der Waals surface area contributed by atoms with Crippen LogP contribution in [0.1, 0.15) is 27.7 Å². The van der Waals surface area contributed by atoms with Crippen LogP contribution in [0, 0.1) is 0 Å². The van der Waals surface area contributed by atoms with Crippen molar-refractivity contribution < 1.29 is 27.4 Å². The maximum Gasteiger partial charge on any atom is 0.411 e. The molecule has 0 aromatic rings. The summed E-state index contributed by atoms with van der Waals surface area (Å²) in [5.41, 5.74) is -1.28. The van der Waals surface area contributed by atoms with E-state index in [4.69, 9.17) is 4.74 Å². The van der Waals surface area contributed by atoms with E-state index in [1.807, 2.05) is 0 Å². The molecule has 4 nitrogen and oxygen atoms in total. The first-order chi connectivity index (χ1) is 8.10. The van der Waals surface area contributed by atoms with Gasteiger partial charge >= 0.3 is 12.1 Å². The van der Waals surface area contributed by atoms with Gasteiger partial charge in [-0.25, -0.2) is 4.79 Å². The van der Waals surface area contributed by atoms with Crippen LogP contribution in [0.15, 0.2) is 0 Å². The Morgan fingerprint density at radius 2 is 1.83 bits per heavy atom. The zero-order valence-electron chi connectivity index (χ0n) is 11.1. The number of hydrogen-bond acceptors (Lipinski definition) is 4. The van der Waals surface area contributed by atoms with Gasteiger partial charge in [-0.3, -0.25) is 5.32 Å². The third kappa shape index (κ3) is 6.80. The van der Waals surface area contributed by atoms with Crippen LogP contribution in [-0.4, -0.2) is 43.5 Å². The number of hydrogen-bond donors (Lipinski definition) is 1. The number of ether oxygens (including phenoxy) is 2. The standard InChI is InChI=1S/C11H20F3NO3/c1-5-18-9(16)10(4,15-8(2)3)6-17-7-11(12,13)14/h8,15H,5-7H2,1-4H3. The SMILES string of the molecule is CCOC(=O)C(C)(COCC(F)(F)F)NC(C)C. The Bertz CT molecular complexity index is 269. The molecule has 0 heterocycles. The van der Waals surface area contributed by atoms with Crippen molar-refractivity contribution in [2.75, 3.05) is 19.8 Å². The third-order valence-electron chi connectivity index (χ3n) is 1.99. The van der Waals surface area contributed by atoms with Gasteiger partial charge in [-0.05, 0) is 27.7 Å². The Kier molecular flexibility index (Phi) is 6.62. The molecule has 0 rings (SSSR count). The molecular weight excluding hydrogens is 251 g/mol. The van der Waals surface area contributed by atoms with Crippen LogP contribution in [-0.2, 0) is 14.3 Å². The molecular formula is C11H20F3NO3. The monoisotopic (exact) mass is 271 g/mol. The largest absolute Gasteiger partial charge is 0.465 e.